The summed E-state index contributed by atoms with van der Waals surface area (Å²) < 4.78 is 5.92. The van der Waals surface area contributed by atoms with Crippen molar-refractivity contribution in [2.75, 3.05) is 12.4 Å². The van der Waals surface area contributed by atoms with Gasteiger partial charge in [-0.05, 0) is 55.2 Å². The molecule has 4 rings (SSSR count). The maximum absolute atomic E-state index is 9.99. The molecular weight excluding hydrogens is 424 g/mol. The molecule has 3 nitrogen and oxygen atoms in total. The summed E-state index contributed by atoms with van der Waals surface area (Å²) in [5.41, 5.74) is 6.98. The van der Waals surface area contributed by atoms with Crippen LogP contribution in [0.2, 0.25) is 0 Å². The lowest BCUT2D eigenvalue weighted by Crippen LogP contribution is -2.01. The van der Waals surface area contributed by atoms with Gasteiger partial charge in [0.15, 0.2) is 0 Å². The molecule has 0 fully saturated rings. The fraction of sp³-hybridized carbons (Fsp3) is 0.172. The van der Waals surface area contributed by atoms with Crippen LogP contribution in [0.5, 0.6) is 5.75 Å². The lowest BCUT2D eigenvalue weighted by molar-refractivity contribution is 0.318. The van der Waals surface area contributed by atoms with E-state index < -0.39 is 0 Å². The van der Waals surface area contributed by atoms with E-state index in [-0.39, 0.29) is 0 Å². The fourth-order valence-electron chi connectivity index (χ4n) is 3.56. The molecule has 4 heteroatoms. The standard InChI is InChI=1S/C29H26N2OS/c1-21-14-15-25(18-22(21)2)32-16-9-17-33-29-27(20-30)26(23-10-5-3-6-11-23)19-28(31-29)24-12-7-4-8-13-24/h3-8,10-15,18-19H,9,16-17H2,1-2H3. The first kappa shape index (κ1) is 22.6. The minimum Gasteiger partial charge on any atom is -0.494 e. The summed E-state index contributed by atoms with van der Waals surface area (Å²) in [5.74, 6) is 1.72. The first-order chi connectivity index (χ1) is 16.2. The lowest BCUT2D eigenvalue weighted by atomic mass is 9.99. The van der Waals surface area contributed by atoms with Crippen LogP contribution in [0, 0.1) is 25.2 Å². The van der Waals surface area contributed by atoms with Crippen LogP contribution in [-0.2, 0) is 0 Å². The Morgan fingerprint density at radius 3 is 2.21 bits per heavy atom. The molecule has 0 radical (unpaired) electrons. The maximum atomic E-state index is 9.99. The summed E-state index contributed by atoms with van der Waals surface area (Å²) in [4.78, 5) is 4.88. The molecule has 0 atom stereocenters. The van der Waals surface area contributed by atoms with Gasteiger partial charge in [-0.3, -0.25) is 0 Å². The topological polar surface area (TPSA) is 45.9 Å². The third-order valence-corrected chi connectivity index (χ3v) is 6.59. The zero-order chi connectivity index (χ0) is 23.0. The average Bonchev–Trinajstić information content (AvgIpc) is 2.86. The van der Waals surface area contributed by atoms with Crippen LogP contribution in [0.25, 0.3) is 22.4 Å². The van der Waals surface area contributed by atoms with E-state index in [1.165, 1.54) is 11.1 Å². The fourth-order valence-corrected chi connectivity index (χ4v) is 4.48. The van der Waals surface area contributed by atoms with Crippen LogP contribution in [0.1, 0.15) is 23.1 Å². The third kappa shape index (κ3) is 5.63. The Balaban J connectivity index is 1.53. The Labute approximate surface area is 200 Å². The van der Waals surface area contributed by atoms with Crippen LogP contribution >= 0.6 is 11.8 Å². The van der Waals surface area contributed by atoms with Gasteiger partial charge in [-0.1, -0.05) is 66.7 Å². The highest BCUT2D eigenvalue weighted by Crippen LogP contribution is 2.34. The van der Waals surface area contributed by atoms with E-state index in [1.54, 1.807) is 11.8 Å². The summed E-state index contributed by atoms with van der Waals surface area (Å²) in [7, 11) is 0. The predicted octanol–water partition coefficient (Wildman–Crippen LogP) is 7.47. The molecule has 0 aliphatic rings. The van der Waals surface area contributed by atoms with Crippen LogP contribution in [0.4, 0.5) is 0 Å². The van der Waals surface area contributed by atoms with Gasteiger partial charge in [0.1, 0.15) is 16.8 Å². The highest BCUT2D eigenvalue weighted by Gasteiger charge is 2.15. The number of hydrogen-bond acceptors (Lipinski definition) is 4. The van der Waals surface area contributed by atoms with Gasteiger partial charge in [0.05, 0.1) is 17.9 Å². The Kier molecular flexibility index (Phi) is 7.44. The summed E-state index contributed by atoms with van der Waals surface area (Å²) >= 11 is 1.62. The molecular formula is C29H26N2OS. The molecule has 1 aromatic heterocycles. The summed E-state index contributed by atoms with van der Waals surface area (Å²) in [6.07, 6.45) is 0.861. The van der Waals surface area contributed by atoms with E-state index in [1.807, 2.05) is 60.7 Å². The zero-order valence-electron chi connectivity index (χ0n) is 18.9. The average molecular weight is 451 g/mol. The minimum absolute atomic E-state index is 0.626. The molecule has 0 aliphatic carbocycles. The van der Waals surface area contributed by atoms with Crippen LogP contribution in [-0.4, -0.2) is 17.3 Å². The molecule has 0 unspecified atom stereocenters. The van der Waals surface area contributed by atoms with Crippen molar-refractivity contribution in [3.63, 3.8) is 0 Å². The molecule has 33 heavy (non-hydrogen) atoms. The number of hydrogen-bond donors (Lipinski definition) is 0. The van der Waals surface area contributed by atoms with Crippen molar-refractivity contribution in [1.82, 2.24) is 4.98 Å². The van der Waals surface area contributed by atoms with Crippen molar-refractivity contribution in [3.8, 4) is 34.2 Å². The molecule has 3 aromatic carbocycles. The second-order valence-corrected chi connectivity index (χ2v) is 8.96. The van der Waals surface area contributed by atoms with E-state index in [0.717, 1.165) is 45.3 Å². The quantitative estimate of drug-likeness (QED) is 0.206. The maximum Gasteiger partial charge on any atom is 0.119 e. The van der Waals surface area contributed by atoms with Crippen molar-refractivity contribution >= 4 is 11.8 Å². The SMILES string of the molecule is Cc1ccc(OCCCSc2nc(-c3ccccc3)cc(-c3ccccc3)c2C#N)cc1C. The molecule has 0 bridgehead atoms. The van der Waals surface area contributed by atoms with E-state index >= 15 is 0 Å². The van der Waals surface area contributed by atoms with Gasteiger partial charge in [-0.15, -0.1) is 11.8 Å². The Morgan fingerprint density at radius 1 is 0.848 bits per heavy atom. The Hall–Kier alpha value is -3.55. The molecule has 1 heterocycles. The van der Waals surface area contributed by atoms with Gasteiger partial charge in [-0.25, -0.2) is 4.98 Å². The van der Waals surface area contributed by atoms with Crippen molar-refractivity contribution in [1.29, 1.82) is 5.26 Å². The number of aromatic nitrogens is 1. The van der Waals surface area contributed by atoms with E-state index in [4.69, 9.17) is 9.72 Å². The van der Waals surface area contributed by atoms with E-state index in [2.05, 4.69) is 44.2 Å². The highest BCUT2D eigenvalue weighted by molar-refractivity contribution is 7.99. The third-order valence-electron chi connectivity index (χ3n) is 5.53. The van der Waals surface area contributed by atoms with Crippen LogP contribution < -0.4 is 4.74 Å². The minimum atomic E-state index is 0.626. The molecule has 164 valence electrons. The molecule has 0 amide bonds. The Bertz CT molecular complexity index is 1260. The zero-order valence-corrected chi connectivity index (χ0v) is 19.7. The van der Waals surface area contributed by atoms with E-state index in [9.17, 15) is 5.26 Å². The van der Waals surface area contributed by atoms with Gasteiger partial charge >= 0.3 is 0 Å². The van der Waals surface area contributed by atoms with Crippen molar-refractivity contribution in [3.05, 3.63) is 102 Å². The van der Waals surface area contributed by atoms with Gasteiger partial charge in [0.25, 0.3) is 0 Å². The summed E-state index contributed by atoms with van der Waals surface area (Å²) in [6.45, 7) is 4.82. The van der Waals surface area contributed by atoms with Crippen LogP contribution in [0.3, 0.4) is 0 Å². The molecule has 0 saturated heterocycles. The number of ether oxygens (including phenoxy) is 1. The Morgan fingerprint density at radius 2 is 1.55 bits per heavy atom. The largest absolute Gasteiger partial charge is 0.494 e. The number of pyridine rings is 1. The highest BCUT2D eigenvalue weighted by atomic mass is 32.2. The van der Waals surface area contributed by atoms with E-state index in [0.29, 0.717) is 12.2 Å². The number of nitrogens with zero attached hydrogens (tertiary/aromatic N) is 2. The number of aryl methyl sites for hydroxylation is 2. The number of thioether (sulfide) groups is 1. The summed E-state index contributed by atoms with van der Waals surface area (Å²) in [6, 6.07) is 30.8. The van der Waals surface area contributed by atoms with Crippen molar-refractivity contribution in [2.24, 2.45) is 0 Å². The molecule has 0 saturated carbocycles. The van der Waals surface area contributed by atoms with Gasteiger partial charge in [-0.2, -0.15) is 5.26 Å². The van der Waals surface area contributed by atoms with Gasteiger partial charge in [0, 0.05) is 16.9 Å². The molecule has 0 aliphatic heterocycles. The first-order valence-corrected chi connectivity index (χ1v) is 12.0. The smallest absolute Gasteiger partial charge is 0.119 e. The normalized spacial score (nSPS) is 10.6. The van der Waals surface area contributed by atoms with Gasteiger partial charge in [0.2, 0.25) is 0 Å². The lowest BCUT2D eigenvalue weighted by Gasteiger charge is -2.13. The second-order valence-electron chi connectivity index (χ2n) is 7.88. The first-order valence-electron chi connectivity index (χ1n) is 11.0. The second kappa shape index (κ2) is 10.8. The summed E-state index contributed by atoms with van der Waals surface area (Å²) in [5, 5.41) is 10.8. The molecule has 0 N–H and O–H groups in total. The number of nitriles is 1. The monoisotopic (exact) mass is 450 g/mol. The van der Waals surface area contributed by atoms with Crippen molar-refractivity contribution in [2.45, 2.75) is 25.3 Å². The number of rotatable bonds is 8. The van der Waals surface area contributed by atoms with Crippen LogP contribution in [0.15, 0.2) is 90.0 Å². The molecule has 4 aromatic rings. The predicted molar refractivity (Wildman–Crippen MR) is 137 cm³/mol. The number of benzene rings is 3. The van der Waals surface area contributed by atoms with Gasteiger partial charge < -0.3 is 4.74 Å². The molecule has 0 spiro atoms. The van der Waals surface area contributed by atoms with Crippen molar-refractivity contribution < 1.29 is 4.74 Å².